The van der Waals surface area contributed by atoms with Crippen LogP contribution in [0.4, 0.5) is 10.5 Å². The number of carbonyl (C=O) groups is 2. The second kappa shape index (κ2) is 5.39. The van der Waals surface area contributed by atoms with Crippen molar-refractivity contribution in [3.05, 3.63) is 29.8 Å². The lowest BCUT2D eigenvalue weighted by atomic mass is 10.2. The minimum atomic E-state index is -0.158. The lowest BCUT2D eigenvalue weighted by molar-refractivity contribution is 0.0950. The highest BCUT2D eigenvalue weighted by atomic mass is 16.2. The first-order chi connectivity index (χ1) is 8.66. The van der Waals surface area contributed by atoms with E-state index in [9.17, 15) is 9.59 Å². The van der Waals surface area contributed by atoms with Crippen LogP contribution in [-0.2, 0) is 0 Å². The average Bonchev–Trinajstić information content (AvgIpc) is 2.76. The zero-order chi connectivity index (χ0) is 13.0. The number of anilines is 1. The summed E-state index contributed by atoms with van der Waals surface area (Å²) < 4.78 is 0. The highest BCUT2D eigenvalue weighted by molar-refractivity contribution is 5.94. The van der Waals surface area contributed by atoms with Crippen LogP contribution < -0.4 is 16.4 Å². The molecule has 3 amide bonds. The van der Waals surface area contributed by atoms with Gasteiger partial charge < -0.3 is 21.3 Å². The van der Waals surface area contributed by atoms with Crippen LogP contribution in [0.2, 0.25) is 0 Å². The molecule has 1 heterocycles. The normalized spacial score (nSPS) is 14.4. The molecule has 0 spiro atoms. The van der Waals surface area contributed by atoms with E-state index in [1.54, 1.807) is 29.2 Å². The summed E-state index contributed by atoms with van der Waals surface area (Å²) >= 11 is 0. The van der Waals surface area contributed by atoms with Crippen LogP contribution in [0.3, 0.4) is 0 Å². The fraction of sp³-hybridized carbons (Fsp3) is 0.333. The zero-order valence-electron chi connectivity index (χ0n) is 9.98. The maximum Gasteiger partial charge on any atom is 0.317 e. The lowest BCUT2D eigenvalue weighted by Gasteiger charge is -2.14. The summed E-state index contributed by atoms with van der Waals surface area (Å²) in [6, 6.07) is 6.64. The molecule has 0 aromatic heterocycles. The van der Waals surface area contributed by atoms with Gasteiger partial charge in [0.25, 0.3) is 5.91 Å². The first-order valence-electron chi connectivity index (χ1n) is 5.83. The molecule has 2 rings (SSSR count). The summed E-state index contributed by atoms with van der Waals surface area (Å²) in [5.74, 6) is -0.158. The monoisotopic (exact) mass is 248 g/mol. The highest BCUT2D eigenvalue weighted by Gasteiger charge is 2.18. The fourth-order valence-corrected chi connectivity index (χ4v) is 1.77. The summed E-state index contributed by atoms with van der Waals surface area (Å²) in [6.07, 6.45) is 0. The maximum absolute atomic E-state index is 11.7. The van der Waals surface area contributed by atoms with E-state index in [2.05, 4.69) is 10.6 Å². The van der Waals surface area contributed by atoms with E-state index < -0.39 is 0 Å². The SMILES string of the molecule is Nc1ccc(C(=O)NCCN2CCNC2=O)cc1. The van der Waals surface area contributed by atoms with Gasteiger partial charge in [-0.15, -0.1) is 0 Å². The van der Waals surface area contributed by atoms with Gasteiger partial charge in [-0.05, 0) is 24.3 Å². The molecular formula is C12H16N4O2. The Morgan fingerprint density at radius 3 is 2.72 bits per heavy atom. The van der Waals surface area contributed by atoms with E-state index in [1.807, 2.05) is 0 Å². The van der Waals surface area contributed by atoms with Crippen molar-refractivity contribution >= 4 is 17.6 Å². The number of benzene rings is 1. The Hall–Kier alpha value is -2.24. The van der Waals surface area contributed by atoms with Crippen molar-refractivity contribution < 1.29 is 9.59 Å². The molecule has 0 saturated carbocycles. The van der Waals surface area contributed by atoms with E-state index in [0.29, 0.717) is 37.4 Å². The van der Waals surface area contributed by atoms with E-state index in [0.717, 1.165) is 0 Å². The molecule has 1 aromatic rings. The molecule has 0 atom stereocenters. The number of nitrogens with one attached hydrogen (secondary N) is 2. The average molecular weight is 248 g/mol. The van der Waals surface area contributed by atoms with Gasteiger partial charge in [-0.25, -0.2) is 4.79 Å². The van der Waals surface area contributed by atoms with Crippen molar-refractivity contribution in [2.75, 3.05) is 31.9 Å². The molecule has 1 aromatic carbocycles. The third-order valence-corrected chi connectivity index (χ3v) is 2.79. The molecular weight excluding hydrogens is 232 g/mol. The van der Waals surface area contributed by atoms with Crippen molar-refractivity contribution in [3.63, 3.8) is 0 Å². The summed E-state index contributed by atoms with van der Waals surface area (Å²) in [7, 11) is 0. The second-order valence-corrected chi connectivity index (χ2v) is 4.10. The van der Waals surface area contributed by atoms with Crippen molar-refractivity contribution in [1.82, 2.24) is 15.5 Å². The van der Waals surface area contributed by atoms with Crippen LogP contribution in [0.5, 0.6) is 0 Å². The summed E-state index contributed by atoms with van der Waals surface area (Å²) in [4.78, 5) is 24.7. The predicted octanol–water partition coefficient (Wildman–Crippen LogP) is 0.0238. The Bertz CT molecular complexity index is 444. The molecule has 4 N–H and O–H groups in total. The van der Waals surface area contributed by atoms with Gasteiger partial charge in [0.05, 0.1) is 0 Å². The first-order valence-corrected chi connectivity index (χ1v) is 5.83. The molecule has 1 saturated heterocycles. The smallest absolute Gasteiger partial charge is 0.317 e. The Balaban J connectivity index is 1.78. The number of nitrogens with zero attached hydrogens (tertiary/aromatic N) is 1. The molecule has 0 aliphatic carbocycles. The highest BCUT2D eigenvalue weighted by Crippen LogP contribution is 2.05. The van der Waals surface area contributed by atoms with Crippen LogP contribution in [-0.4, -0.2) is 43.0 Å². The Kier molecular flexibility index (Phi) is 3.66. The largest absolute Gasteiger partial charge is 0.399 e. The standard InChI is InChI=1S/C12H16N4O2/c13-10-3-1-9(2-4-10)11(17)14-5-7-16-8-6-15-12(16)18/h1-4H,5-8,13H2,(H,14,17)(H,15,18). The van der Waals surface area contributed by atoms with Crippen LogP contribution in [0, 0.1) is 0 Å². The van der Waals surface area contributed by atoms with Gasteiger partial charge in [0, 0.05) is 37.4 Å². The Morgan fingerprint density at radius 2 is 2.11 bits per heavy atom. The third kappa shape index (κ3) is 2.91. The molecule has 1 aliphatic rings. The topological polar surface area (TPSA) is 87.5 Å². The number of urea groups is 1. The molecule has 0 unspecified atom stereocenters. The van der Waals surface area contributed by atoms with Gasteiger partial charge in [0.15, 0.2) is 0 Å². The molecule has 0 bridgehead atoms. The molecule has 0 radical (unpaired) electrons. The Labute approximate surface area is 105 Å². The molecule has 6 heteroatoms. The predicted molar refractivity (Wildman–Crippen MR) is 68.2 cm³/mol. The van der Waals surface area contributed by atoms with Crippen LogP contribution in [0.1, 0.15) is 10.4 Å². The second-order valence-electron chi connectivity index (χ2n) is 4.10. The van der Waals surface area contributed by atoms with E-state index in [1.165, 1.54) is 0 Å². The number of hydrogen-bond acceptors (Lipinski definition) is 3. The van der Waals surface area contributed by atoms with Crippen molar-refractivity contribution in [3.8, 4) is 0 Å². The number of nitrogens with two attached hydrogens (primary N) is 1. The minimum Gasteiger partial charge on any atom is -0.399 e. The van der Waals surface area contributed by atoms with Gasteiger partial charge in [0.2, 0.25) is 0 Å². The minimum absolute atomic E-state index is 0.0725. The number of hydrogen-bond donors (Lipinski definition) is 3. The van der Waals surface area contributed by atoms with Crippen molar-refractivity contribution in [2.45, 2.75) is 0 Å². The number of amides is 3. The van der Waals surface area contributed by atoms with Gasteiger partial charge in [0.1, 0.15) is 0 Å². The fourth-order valence-electron chi connectivity index (χ4n) is 1.77. The summed E-state index contributed by atoms with van der Waals surface area (Å²) in [5, 5.41) is 5.47. The molecule has 6 nitrogen and oxygen atoms in total. The van der Waals surface area contributed by atoms with Gasteiger partial charge in [-0.1, -0.05) is 0 Å². The maximum atomic E-state index is 11.7. The number of rotatable bonds is 4. The van der Waals surface area contributed by atoms with Crippen LogP contribution >= 0.6 is 0 Å². The number of carbonyl (C=O) groups excluding carboxylic acids is 2. The van der Waals surface area contributed by atoms with Crippen LogP contribution in [0.25, 0.3) is 0 Å². The van der Waals surface area contributed by atoms with E-state index in [4.69, 9.17) is 5.73 Å². The molecule has 1 aliphatic heterocycles. The van der Waals surface area contributed by atoms with Gasteiger partial charge in [-0.2, -0.15) is 0 Å². The summed E-state index contributed by atoms with van der Waals surface area (Å²) in [5.41, 5.74) is 6.73. The van der Waals surface area contributed by atoms with Gasteiger partial charge in [-0.3, -0.25) is 4.79 Å². The molecule has 96 valence electrons. The van der Waals surface area contributed by atoms with Gasteiger partial charge >= 0.3 is 6.03 Å². The summed E-state index contributed by atoms with van der Waals surface area (Å²) in [6.45, 7) is 2.32. The van der Waals surface area contributed by atoms with E-state index in [-0.39, 0.29) is 11.9 Å². The number of nitrogen functional groups attached to an aromatic ring is 1. The third-order valence-electron chi connectivity index (χ3n) is 2.79. The van der Waals surface area contributed by atoms with E-state index >= 15 is 0 Å². The lowest BCUT2D eigenvalue weighted by Crippen LogP contribution is -2.36. The first kappa shape index (κ1) is 12.2. The molecule has 18 heavy (non-hydrogen) atoms. The van der Waals surface area contributed by atoms with Crippen molar-refractivity contribution in [1.29, 1.82) is 0 Å². The Morgan fingerprint density at radius 1 is 1.39 bits per heavy atom. The molecule has 1 fully saturated rings. The zero-order valence-corrected chi connectivity index (χ0v) is 9.98. The van der Waals surface area contributed by atoms with Crippen LogP contribution in [0.15, 0.2) is 24.3 Å². The quantitative estimate of drug-likeness (QED) is 0.657. The van der Waals surface area contributed by atoms with Crippen molar-refractivity contribution in [2.24, 2.45) is 0 Å².